The fraction of sp³-hybridized carbons (Fsp3) is 0.471. The molecule has 0 radical (unpaired) electrons. The third kappa shape index (κ3) is 8.55. The first-order valence-electron chi connectivity index (χ1n) is 7.66. The van der Waals surface area contributed by atoms with Crippen molar-refractivity contribution >= 4 is 33.5 Å². The van der Waals surface area contributed by atoms with Gasteiger partial charge in [-0.3, -0.25) is 18.8 Å². The molecule has 1 aromatic rings. The molecule has 160 valence electrons. The third-order valence-corrected chi connectivity index (χ3v) is 4.38. The van der Waals surface area contributed by atoms with E-state index in [9.17, 15) is 22.8 Å². The smallest absolute Gasteiger partial charge is 0.335 e. The highest BCUT2D eigenvalue weighted by Gasteiger charge is 2.24. The number of esters is 1. The summed E-state index contributed by atoms with van der Waals surface area (Å²) in [6.45, 7) is 2.68. The predicted molar refractivity (Wildman–Crippen MR) is 100 cm³/mol. The minimum absolute atomic E-state index is 0. The summed E-state index contributed by atoms with van der Waals surface area (Å²) in [6.07, 6.45) is -2.27. The molecule has 28 heavy (non-hydrogen) atoms. The van der Waals surface area contributed by atoms with Gasteiger partial charge in [0.2, 0.25) is 5.91 Å². The Morgan fingerprint density at radius 2 is 1.79 bits per heavy atom. The van der Waals surface area contributed by atoms with Crippen LogP contribution in [0.5, 0.6) is 0 Å². The number of methoxy groups -OCH3 is 1. The van der Waals surface area contributed by atoms with Crippen molar-refractivity contribution in [3.05, 3.63) is 24.3 Å². The first kappa shape index (κ1) is 27.8. The molecule has 0 aliphatic rings. The summed E-state index contributed by atoms with van der Waals surface area (Å²) < 4.78 is 41.6. The Bertz CT molecular complexity index is 781. The van der Waals surface area contributed by atoms with Crippen molar-refractivity contribution in [3.8, 4) is 0 Å². The first-order chi connectivity index (χ1) is 12.1. The van der Waals surface area contributed by atoms with Crippen LogP contribution in [0, 0.1) is 0 Å². The van der Waals surface area contributed by atoms with Crippen LogP contribution < -0.4 is 5.32 Å². The molecular weight excluding hydrogens is 397 g/mol. The maximum atomic E-state index is 12.0. The van der Waals surface area contributed by atoms with Crippen LogP contribution in [-0.2, 0) is 34.0 Å². The van der Waals surface area contributed by atoms with Crippen molar-refractivity contribution in [3.63, 3.8) is 0 Å². The maximum Gasteiger partial charge on any atom is 0.335 e. The van der Waals surface area contributed by atoms with Gasteiger partial charge in [0.05, 0.1) is 5.69 Å². The van der Waals surface area contributed by atoms with Gasteiger partial charge in [-0.25, -0.2) is 4.79 Å². The number of hydrogen-bond donors (Lipinski definition) is 2. The first-order valence-corrected chi connectivity index (χ1v) is 9.10. The second-order valence-electron chi connectivity index (χ2n) is 5.47. The molecule has 2 N–H and O–H groups in total. The van der Waals surface area contributed by atoms with Crippen molar-refractivity contribution in [1.82, 2.24) is 0 Å². The van der Waals surface area contributed by atoms with E-state index in [4.69, 9.17) is 14.0 Å². The van der Waals surface area contributed by atoms with Crippen molar-refractivity contribution in [2.24, 2.45) is 0 Å². The monoisotopic (exact) mass is 423 g/mol. The third-order valence-electron chi connectivity index (χ3n) is 3.47. The minimum Gasteiger partial charge on any atom is -0.452 e. The van der Waals surface area contributed by atoms with Crippen molar-refractivity contribution in [1.29, 1.82) is 0 Å². The summed E-state index contributed by atoms with van der Waals surface area (Å²) in [7, 11) is -3.19. The largest absolute Gasteiger partial charge is 0.452 e. The molecule has 0 saturated heterocycles. The Morgan fingerprint density at radius 3 is 2.29 bits per heavy atom. The molecule has 1 amide bonds. The average molecular weight is 423 g/mol. The molecule has 0 aliphatic carbocycles. The summed E-state index contributed by atoms with van der Waals surface area (Å²) in [4.78, 5) is 34.9. The number of benzene rings is 1. The highest BCUT2D eigenvalue weighted by molar-refractivity contribution is 7.86. The second-order valence-corrected chi connectivity index (χ2v) is 6.86. The molecule has 1 rings (SSSR count). The van der Waals surface area contributed by atoms with E-state index < -0.39 is 44.9 Å². The van der Waals surface area contributed by atoms with Gasteiger partial charge in [-0.05, 0) is 26.0 Å². The lowest BCUT2D eigenvalue weighted by atomic mass is 10.1. The number of amides is 1. The number of nitrogens with one attached hydrogen (secondary N) is 1. The van der Waals surface area contributed by atoms with Gasteiger partial charge in [0, 0.05) is 20.0 Å². The van der Waals surface area contributed by atoms with E-state index in [-0.39, 0.29) is 30.7 Å². The number of Topliss-reactive ketones (excluding diaryl/α,β-unsaturated/α-hetero) is 1. The Labute approximate surface area is 163 Å². The van der Waals surface area contributed by atoms with E-state index in [2.05, 4.69) is 5.32 Å². The van der Waals surface area contributed by atoms with Gasteiger partial charge in [-0.1, -0.05) is 19.6 Å². The van der Waals surface area contributed by atoms with Gasteiger partial charge in [0.15, 0.2) is 18.0 Å². The molecule has 2 atom stereocenters. The molecule has 0 spiro atoms. The maximum absolute atomic E-state index is 12.0. The van der Waals surface area contributed by atoms with E-state index in [1.807, 2.05) is 0 Å². The van der Waals surface area contributed by atoms with E-state index >= 15 is 0 Å². The summed E-state index contributed by atoms with van der Waals surface area (Å²) >= 11 is 0. The quantitative estimate of drug-likeness (QED) is 0.454. The molecule has 2 unspecified atom stereocenters. The highest BCUT2D eigenvalue weighted by Crippen LogP contribution is 2.21. The number of anilines is 1. The minimum atomic E-state index is -4.50. The number of carbonyl (C=O) groups excluding carboxylic acids is 3. The molecule has 0 heterocycles. The number of rotatable bonds is 9. The van der Waals surface area contributed by atoms with Gasteiger partial charge in [0.1, 0.15) is 4.90 Å². The Hall–Kier alpha value is -2.37. The van der Waals surface area contributed by atoms with Crippen LogP contribution in [0.25, 0.3) is 0 Å². The van der Waals surface area contributed by atoms with Crippen LogP contribution in [0.3, 0.4) is 0 Å². The standard InChI is InChI=1S/C16H21NO8S.CH4.FH/c1-10(18)13(25-16(20)11(2)24-3)8-9-15(19)17-12-6-4-5-7-14(12)26(21,22)23;;/h4-7,11,13H,8-9H2,1-3H3,(H,17,19)(H,21,22,23);1H4;1H. The van der Waals surface area contributed by atoms with Crippen molar-refractivity contribution in [2.75, 3.05) is 12.4 Å². The van der Waals surface area contributed by atoms with Gasteiger partial charge >= 0.3 is 5.97 Å². The number of hydrogen-bond acceptors (Lipinski definition) is 7. The summed E-state index contributed by atoms with van der Waals surface area (Å²) in [5.74, 6) is -1.78. The van der Waals surface area contributed by atoms with Gasteiger partial charge in [-0.15, -0.1) is 0 Å². The molecule has 11 heteroatoms. The molecule has 9 nitrogen and oxygen atoms in total. The number of halogens is 1. The molecule has 0 aliphatic heterocycles. The highest BCUT2D eigenvalue weighted by atomic mass is 32.2. The summed E-state index contributed by atoms with van der Waals surface area (Å²) in [5.41, 5.74) is -0.0932. The van der Waals surface area contributed by atoms with Crippen LogP contribution in [-0.4, -0.2) is 49.9 Å². The molecule has 1 aromatic carbocycles. The van der Waals surface area contributed by atoms with E-state index in [1.165, 1.54) is 39.2 Å². The lowest BCUT2D eigenvalue weighted by Gasteiger charge is -2.17. The zero-order valence-electron chi connectivity index (χ0n) is 15.0. The molecule has 0 fully saturated rings. The Morgan fingerprint density at radius 1 is 1.21 bits per heavy atom. The molecule has 0 saturated carbocycles. The van der Waals surface area contributed by atoms with Gasteiger partial charge in [0.25, 0.3) is 10.1 Å². The van der Waals surface area contributed by atoms with Crippen LogP contribution in [0.15, 0.2) is 29.2 Å². The molecule has 0 bridgehead atoms. The van der Waals surface area contributed by atoms with Crippen molar-refractivity contribution in [2.45, 2.75) is 51.2 Å². The fourth-order valence-electron chi connectivity index (χ4n) is 1.95. The number of ketones is 1. The number of carbonyl (C=O) groups is 3. The van der Waals surface area contributed by atoms with Crippen LogP contribution >= 0.6 is 0 Å². The number of para-hydroxylation sites is 1. The van der Waals surface area contributed by atoms with Crippen LogP contribution in [0.1, 0.15) is 34.1 Å². The fourth-order valence-corrected chi connectivity index (χ4v) is 2.59. The predicted octanol–water partition coefficient (Wildman–Crippen LogP) is 1.98. The van der Waals surface area contributed by atoms with E-state index in [0.29, 0.717) is 0 Å². The zero-order valence-corrected chi connectivity index (χ0v) is 15.8. The molecular formula is C17H26FNO8S. The lowest BCUT2D eigenvalue weighted by molar-refractivity contribution is -0.164. The summed E-state index contributed by atoms with van der Waals surface area (Å²) in [6, 6.07) is 5.32. The average Bonchev–Trinajstić information content (AvgIpc) is 2.56. The topological polar surface area (TPSA) is 136 Å². The van der Waals surface area contributed by atoms with Crippen molar-refractivity contribution < 1.29 is 41.5 Å². The van der Waals surface area contributed by atoms with E-state index in [1.54, 1.807) is 0 Å². The van der Waals surface area contributed by atoms with Crippen LogP contribution in [0.4, 0.5) is 10.4 Å². The SMILES string of the molecule is C.COC(C)C(=O)OC(CCC(=O)Nc1ccccc1S(=O)(=O)O)C(C)=O.F. The zero-order chi connectivity index (χ0) is 19.9. The normalized spacial score (nSPS) is 12.6. The number of ether oxygens (including phenoxy) is 2. The Kier molecular flexibility index (Phi) is 12.1. The Balaban J connectivity index is 0. The lowest BCUT2D eigenvalue weighted by Crippen LogP contribution is -2.32. The van der Waals surface area contributed by atoms with Gasteiger partial charge in [-0.2, -0.15) is 8.42 Å². The van der Waals surface area contributed by atoms with Crippen LogP contribution in [0.2, 0.25) is 0 Å². The summed E-state index contributed by atoms with van der Waals surface area (Å²) in [5, 5.41) is 2.34. The second kappa shape index (κ2) is 12.2. The van der Waals surface area contributed by atoms with E-state index in [0.717, 1.165) is 6.07 Å². The molecule has 0 aromatic heterocycles. The van der Waals surface area contributed by atoms with Gasteiger partial charge < -0.3 is 14.8 Å².